The fourth-order valence-electron chi connectivity index (χ4n) is 4.89. The molecule has 0 heterocycles. The molecule has 0 amide bonds. The molecule has 0 saturated heterocycles. The Morgan fingerprint density at radius 1 is 0.871 bits per heavy atom. The molecule has 0 aromatic heterocycles. The van der Waals surface area contributed by atoms with Gasteiger partial charge >= 0.3 is 5.97 Å². The number of rotatable bonds is 15. The van der Waals surface area contributed by atoms with Gasteiger partial charge in [-0.2, -0.15) is 0 Å². The van der Waals surface area contributed by atoms with Crippen molar-refractivity contribution in [3.05, 3.63) is 29.6 Å². The molecule has 1 saturated carbocycles. The minimum Gasteiger partial charge on any atom is -0.426 e. The minimum absolute atomic E-state index is 0.229. The van der Waals surface area contributed by atoms with Gasteiger partial charge in [-0.05, 0) is 42.7 Å². The van der Waals surface area contributed by atoms with Gasteiger partial charge in [0.15, 0.2) is 0 Å². The van der Waals surface area contributed by atoms with Crippen molar-refractivity contribution in [3.63, 3.8) is 0 Å². The van der Waals surface area contributed by atoms with E-state index in [1.165, 1.54) is 76.7 Å². The summed E-state index contributed by atoms with van der Waals surface area (Å²) in [5.74, 6) is 1.39. The first-order chi connectivity index (χ1) is 15.1. The molecule has 2 nitrogen and oxygen atoms in total. The summed E-state index contributed by atoms with van der Waals surface area (Å²) in [5, 5.41) is 0. The van der Waals surface area contributed by atoms with E-state index in [1.807, 2.05) is 0 Å². The van der Waals surface area contributed by atoms with Crippen molar-refractivity contribution in [1.29, 1.82) is 0 Å². The average molecular weight is 433 g/mol. The molecule has 0 N–H and O–H groups in total. The molecule has 1 aliphatic carbocycles. The van der Waals surface area contributed by atoms with Crippen LogP contribution in [0.3, 0.4) is 0 Å². The maximum Gasteiger partial charge on any atom is 0.311 e. The van der Waals surface area contributed by atoms with Gasteiger partial charge in [0.2, 0.25) is 0 Å². The number of aryl methyl sites for hydroxylation is 1. The Hall–Kier alpha value is -1.38. The minimum atomic E-state index is -0.259. The summed E-state index contributed by atoms with van der Waals surface area (Å²) in [7, 11) is 0. The van der Waals surface area contributed by atoms with E-state index in [-0.39, 0.29) is 11.8 Å². The van der Waals surface area contributed by atoms with E-state index in [0.717, 1.165) is 38.0 Å². The molecule has 31 heavy (non-hydrogen) atoms. The molecule has 1 aromatic rings. The first-order valence-corrected chi connectivity index (χ1v) is 13.1. The predicted octanol–water partition coefficient (Wildman–Crippen LogP) is 8.80. The molecule has 0 bridgehead atoms. The van der Waals surface area contributed by atoms with Gasteiger partial charge in [-0.3, -0.25) is 4.79 Å². The summed E-state index contributed by atoms with van der Waals surface area (Å²) in [6, 6.07) is 4.86. The molecular weight excluding hydrogens is 387 g/mol. The van der Waals surface area contributed by atoms with Gasteiger partial charge in [-0.15, -0.1) is 0 Å². The molecule has 3 heteroatoms. The molecule has 0 radical (unpaired) electrons. The molecule has 1 fully saturated rings. The highest BCUT2D eigenvalue weighted by Gasteiger charge is 2.22. The highest BCUT2D eigenvalue weighted by Crippen LogP contribution is 2.34. The maximum absolute atomic E-state index is 14.2. The Kier molecular flexibility index (Phi) is 12.9. The Morgan fingerprint density at radius 2 is 1.48 bits per heavy atom. The second-order valence-electron chi connectivity index (χ2n) is 9.67. The van der Waals surface area contributed by atoms with Crippen LogP contribution in [0, 0.1) is 17.7 Å². The number of esters is 1. The van der Waals surface area contributed by atoms with Crippen molar-refractivity contribution in [2.75, 3.05) is 0 Å². The third-order valence-corrected chi connectivity index (χ3v) is 6.99. The van der Waals surface area contributed by atoms with E-state index < -0.39 is 0 Å². The molecule has 0 spiro atoms. The Labute approximate surface area is 190 Å². The van der Waals surface area contributed by atoms with Crippen molar-refractivity contribution in [2.45, 2.75) is 123 Å². The summed E-state index contributed by atoms with van der Waals surface area (Å²) in [4.78, 5) is 12.2. The van der Waals surface area contributed by atoms with E-state index >= 15 is 0 Å². The van der Waals surface area contributed by atoms with E-state index in [2.05, 4.69) is 13.8 Å². The number of hydrogen-bond donors (Lipinski definition) is 0. The van der Waals surface area contributed by atoms with E-state index in [4.69, 9.17) is 4.74 Å². The van der Waals surface area contributed by atoms with Crippen molar-refractivity contribution in [2.24, 2.45) is 11.8 Å². The second-order valence-corrected chi connectivity index (χ2v) is 9.67. The standard InChI is InChI=1S/C28H45FO2/c1-3-5-7-8-9-11-12-23-14-16-24(17-15-23)18-21-28(30)31-26-20-19-25(27(29)22-26)13-10-6-4-2/h19-20,22-24H,3-18,21H2,1-2H3. The van der Waals surface area contributed by atoms with Gasteiger partial charge < -0.3 is 4.74 Å². The number of carbonyl (C=O) groups excluding carboxylic acids is 1. The number of unbranched alkanes of at least 4 members (excludes halogenated alkanes) is 7. The molecular formula is C28H45FO2. The molecule has 0 atom stereocenters. The summed E-state index contributed by atoms with van der Waals surface area (Å²) < 4.78 is 19.6. The van der Waals surface area contributed by atoms with Crippen LogP contribution >= 0.6 is 0 Å². The van der Waals surface area contributed by atoms with Crippen LogP contribution in [0.1, 0.15) is 122 Å². The molecule has 1 aliphatic rings. The van der Waals surface area contributed by atoms with Crippen molar-refractivity contribution in [3.8, 4) is 5.75 Å². The SMILES string of the molecule is CCCCCCCCC1CCC(CCC(=O)Oc2ccc(CCCCC)c(F)c2)CC1. The summed E-state index contributed by atoms with van der Waals surface area (Å²) >= 11 is 0. The number of halogens is 1. The van der Waals surface area contributed by atoms with Crippen LogP contribution in [0.25, 0.3) is 0 Å². The summed E-state index contributed by atoms with van der Waals surface area (Å²) in [5.41, 5.74) is 0.714. The van der Waals surface area contributed by atoms with Gasteiger partial charge in [-0.1, -0.05) is 103 Å². The second kappa shape index (κ2) is 15.4. The van der Waals surface area contributed by atoms with Crippen LogP contribution in [-0.4, -0.2) is 5.97 Å². The lowest BCUT2D eigenvalue weighted by atomic mass is 9.78. The van der Waals surface area contributed by atoms with Crippen molar-refractivity contribution < 1.29 is 13.9 Å². The van der Waals surface area contributed by atoms with Gasteiger partial charge in [-0.25, -0.2) is 4.39 Å². The quantitative estimate of drug-likeness (QED) is 0.157. The summed E-state index contributed by atoms with van der Waals surface area (Å²) in [6.45, 7) is 4.41. The van der Waals surface area contributed by atoms with Crippen LogP contribution in [0.15, 0.2) is 18.2 Å². The topological polar surface area (TPSA) is 26.3 Å². The van der Waals surface area contributed by atoms with Crippen molar-refractivity contribution in [1.82, 2.24) is 0 Å². The third kappa shape index (κ3) is 10.7. The van der Waals surface area contributed by atoms with Gasteiger partial charge in [0.05, 0.1) is 0 Å². The zero-order valence-corrected chi connectivity index (χ0v) is 20.1. The molecule has 1 aromatic carbocycles. The lowest BCUT2D eigenvalue weighted by Crippen LogP contribution is -2.17. The zero-order valence-electron chi connectivity index (χ0n) is 20.1. The van der Waals surface area contributed by atoms with E-state index in [1.54, 1.807) is 12.1 Å². The highest BCUT2D eigenvalue weighted by atomic mass is 19.1. The lowest BCUT2D eigenvalue weighted by Gasteiger charge is -2.28. The van der Waals surface area contributed by atoms with Crippen molar-refractivity contribution >= 4 is 5.97 Å². The number of hydrogen-bond acceptors (Lipinski definition) is 2. The lowest BCUT2D eigenvalue weighted by molar-refractivity contribution is -0.134. The largest absolute Gasteiger partial charge is 0.426 e. The first-order valence-electron chi connectivity index (χ1n) is 13.1. The Morgan fingerprint density at radius 3 is 2.16 bits per heavy atom. The van der Waals surface area contributed by atoms with E-state index in [0.29, 0.717) is 23.7 Å². The number of benzene rings is 1. The maximum atomic E-state index is 14.2. The number of carbonyl (C=O) groups is 1. The van der Waals surface area contributed by atoms with Crippen LogP contribution < -0.4 is 4.74 Å². The van der Waals surface area contributed by atoms with Crippen LogP contribution in [0.4, 0.5) is 4.39 Å². The fraction of sp³-hybridized carbons (Fsp3) is 0.750. The average Bonchev–Trinajstić information content (AvgIpc) is 2.77. The fourth-order valence-corrected chi connectivity index (χ4v) is 4.89. The Bertz CT molecular complexity index is 619. The number of ether oxygens (including phenoxy) is 1. The normalized spacial score (nSPS) is 18.8. The monoisotopic (exact) mass is 432 g/mol. The Balaban J connectivity index is 1.59. The van der Waals surface area contributed by atoms with Crippen LogP contribution in [-0.2, 0) is 11.2 Å². The first kappa shape index (κ1) is 25.9. The molecule has 0 aliphatic heterocycles. The highest BCUT2D eigenvalue weighted by molar-refractivity contribution is 5.72. The molecule has 0 unspecified atom stereocenters. The van der Waals surface area contributed by atoms with E-state index in [9.17, 15) is 9.18 Å². The summed E-state index contributed by atoms with van der Waals surface area (Å²) in [6.07, 6.45) is 20.1. The van der Waals surface area contributed by atoms with Gasteiger partial charge in [0, 0.05) is 12.5 Å². The molecule has 176 valence electrons. The van der Waals surface area contributed by atoms with Crippen LogP contribution in [0.2, 0.25) is 0 Å². The van der Waals surface area contributed by atoms with Gasteiger partial charge in [0.25, 0.3) is 0 Å². The third-order valence-electron chi connectivity index (χ3n) is 6.99. The smallest absolute Gasteiger partial charge is 0.311 e. The van der Waals surface area contributed by atoms with Gasteiger partial charge in [0.1, 0.15) is 11.6 Å². The molecule has 2 rings (SSSR count). The predicted molar refractivity (Wildman–Crippen MR) is 128 cm³/mol. The van der Waals surface area contributed by atoms with Crippen LogP contribution in [0.5, 0.6) is 5.75 Å². The zero-order chi connectivity index (χ0) is 22.3.